The van der Waals surface area contributed by atoms with Crippen LogP contribution in [0.2, 0.25) is 0 Å². The van der Waals surface area contributed by atoms with Gasteiger partial charge in [-0.25, -0.2) is 0 Å². The Balaban J connectivity index is 2.94. The van der Waals surface area contributed by atoms with Gasteiger partial charge in [0.05, 0.1) is 4.47 Å². The summed E-state index contributed by atoms with van der Waals surface area (Å²) >= 11 is 2.84. The van der Waals surface area contributed by atoms with Gasteiger partial charge in [0, 0.05) is 12.7 Å². The number of aromatic nitrogens is 2. The molecule has 0 saturated heterocycles. The van der Waals surface area contributed by atoms with E-state index < -0.39 is 11.9 Å². The summed E-state index contributed by atoms with van der Waals surface area (Å²) in [6.45, 7) is 4.32. The summed E-state index contributed by atoms with van der Waals surface area (Å²) in [7, 11) is 0. The molecule has 0 unspecified atom stereocenters. The molecule has 14 heavy (non-hydrogen) atoms. The molecule has 0 spiro atoms. The fourth-order valence-electron chi connectivity index (χ4n) is 1.06. The van der Waals surface area contributed by atoms with Gasteiger partial charge in [-0.05, 0) is 21.8 Å². The highest BCUT2D eigenvalue weighted by Gasteiger charge is 2.36. The van der Waals surface area contributed by atoms with E-state index in [9.17, 15) is 13.2 Å². The van der Waals surface area contributed by atoms with Gasteiger partial charge in [0.25, 0.3) is 0 Å². The highest BCUT2D eigenvalue weighted by atomic mass is 79.9. The van der Waals surface area contributed by atoms with Crippen molar-refractivity contribution in [2.24, 2.45) is 5.92 Å². The van der Waals surface area contributed by atoms with Gasteiger partial charge in [-0.3, -0.25) is 4.68 Å². The Morgan fingerprint density at radius 2 is 2.07 bits per heavy atom. The normalized spacial score (nSPS) is 12.5. The molecule has 0 fully saturated rings. The van der Waals surface area contributed by atoms with Gasteiger partial charge in [0.2, 0.25) is 0 Å². The number of alkyl halides is 3. The first-order chi connectivity index (χ1) is 6.30. The summed E-state index contributed by atoms with van der Waals surface area (Å²) in [4.78, 5) is 0. The SMILES string of the molecule is CC(C)Cn1cc(Br)c(C(F)(F)F)n1. The first-order valence-electron chi connectivity index (χ1n) is 4.11. The van der Waals surface area contributed by atoms with Crippen molar-refractivity contribution >= 4 is 15.9 Å². The lowest BCUT2D eigenvalue weighted by molar-refractivity contribution is -0.142. The van der Waals surface area contributed by atoms with Gasteiger partial charge in [-0.1, -0.05) is 13.8 Å². The Hall–Kier alpha value is -0.520. The lowest BCUT2D eigenvalue weighted by Crippen LogP contribution is -2.10. The van der Waals surface area contributed by atoms with E-state index in [0.717, 1.165) is 0 Å². The maximum Gasteiger partial charge on any atom is 0.436 e. The van der Waals surface area contributed by atoms with E-state index in [4.69, 9.17) is 0 Å². The third-order valence-electron chi connectivity index (χ3n) is 1.54. The van der Waals surface area contributed by atoms with Crippen LogP contribution < -0.4 is 0 Å². The third kappa shape index (κ3) is 2.73. The van der Waals surface area contributed by atoms with Crippen molar-refractivity contribution in [3.8, 4) is 0 Å². The zero-order valence-corrected chi connectivity index (χ0v) is 9.35. The average Bonchev–Trinajstić information content (AvgIpc) is 2.27. The first-order valence-corrected chi connectivity index (χ1v) is 4.90. The predicted molar refractivity (Wildman–Crippen MR) is 49.8 cm³/mol. The fraction of sp³-hybridized carbons (Fsp3) is 0.625. The molecule has 80 valence electrons. The van der Waals surface area contributed by atoms with Gasteiger partial charge >= 0.3 is 6.18 Å². The number of rotatable bonds is 2. The molecule has 6 heteroatoms. The summed E-state index contributed by atoms with van der Waals surface area (Å²) in [5, 5.41) is 3.47. The molecule has 0 aromatic carbocycles. The fourth-order valence-corrected chi connectivity index (χ4v) is 1.60. The molecule has 0 radical (unpaired) electrons. The van der Waals surface area contributed by atoms with Crippen molar-refractivity contribution in [2.75, 3.05) is 0 Å². The van der Waals surface area contributed by atoms with E-state index >= 15 is 0 Å². The molecule has 0 aliphatic carbocycles. The van der Waals surface area contributed by atoms with Crippen molar-refractivity contribution in [2.45, 2.75) is 26.6 Å². The summed E-state index contributed by atoms with van der Waals surface area (Å²) in [5.74, 6) is 0.267. The topological polar surface area (TPSA) is 17.8 Å². The molecule has 0 N–H and O–H groups in total. The number of halogens is 4. The molecule has 1 aromatic rings. The van der Waals surface area contributed by atoms with Crippen LogP contribution in [0.1, 0.15) is 19.5 Å². The van der Waals surface area contributed by atoms with Gasteiger partial charge in [-0.15, -0.1) is 0 Å². The predicted octanol–water partition coefficient (Wildman–Crippen LogP) is 3.32. The molecule has 1 heterocycles. The van der Waals surface area contributed by atoms with Gasteiger partial charge in [-0.2, -0.15) is 18.3 Å². The minimum atomic E-state index is -4.39. The molecule has 0 saturated carbocycles. The van der Waals surface area contributed by atoms with Crippen molar-refractivity contribution in [1.82, 2.24) is 9.78 Å². The summed E-state index contributed by atoms with van der Waals surface area (Å²) in [5.41, 5.74) is -0.863. The van der Waals surface area contributed by atoms with Gasteiger partial charge in [0.1, 0.15) is 0 Å². The maximum absolute atomic E-state index is 12.3. The number of hydrogen-bond acceptors (Lipinski definition) is 1. The minimum Gasteiger partial charge on any atom is -0.271 e. The van der Waals surface area contributed by atoms with Crippen molar-refractivity contribution in [3.05, 3.63) is 16.4 Å². The molecule has 1 aromatic heterocycles. The second-order valence-electron chi connectivity index (χ2n) is 3.44. The van der Waals surface area contributed by atoms with E-state index in [-0.39, 0.29) is 10.4 Å². The molecule has 2 nitrogen and oxygen atoms in total. The van der Waals surface area contributed by atoms with Crippen molar-refractivity contribution in [3.63, 3.8) is 0 Å². The van der Waals surface area contributed by atoms with Gasteiger partial charge < -0.3 is 0 Å². The Kier molecular flexibility index (Phi) is 3.24. The van der Waals surface area contributed by atoms with Crippen LogP contribution in [0.4, 0.5) is 13.2 Å². The molecule has 0 atom stereocenters. The van der Waals surface area contributed by atoms with E-state index in [1.165, 1.54) is 10.9 Å². The van der Waals surface area contributed by atoms with Crippen LogP contribution in [0.15, 0.2) is 10.7 Å². The zero-order valence-electron chi connectivity index (χ0n) is 7.77. The van der Waals surface area contributed by atoms with Crippen molar-refractivity contribution < 1.29 is 13.2 Å². The first kappa shape index (κ1) is 11.6. The summed E-state index contributed by atoms with van der Waals surface area (Å²) in [6, 6.07) is 0. The van der Waals surface area contributed by atoms with E-state index in [2.05, 4.69) is 21.0 Å². The van der Waals surface area contributed by atoms with Gasteiger partial charge in [0.15, 0.2) is 5.69 Å². The molecular formula is C8H10BrF3N2. The molecule has 1 rings (SSSR count). The standard InChI is InChI=1S/C8H10BrF3N2/c1-5(2)3-14-4-6(9)7(13-14)8(10,11)12/h4-5H,3H2,1-2H3. The van der Waals surface area contributed by atoms with Crippen LogP contribution in [-0.4, -0.2) is 9.78 Å². The van der Waals surface area contributed by atoms with E-state index in [1.54, 1.807) is 0 Å². The highest BCUT2D eigenvalue weighted by Crippen LogP contribution is 2.33. The Morgan fingerprint density at radius 3 is 2.43 bits per heavy atom. The van der Waals surface area contributed by atoms with Crippen LogP contribution >= 0.6 is 15.9 Å². The van der Waals surface area contributed by atoms with Crippen molar-refractivity contribution in [1.29, 1.82) is 0 Å². The number of nitrogens with zero attached hydrogens (tertiary/aromatic N) is 2. The molecule has 0 bridgehead atoms. The second-order valence-corrected chi connectivity index (χ2v) is 4.29. The zero-order chi connectivity index (χ0) is 10.9. The third-order valence-corrected chi connectivity index (χ3v) is 2.12. The van der Waals surface area contributed by atoms with Crippen LogP contribution in [0.3, 0.4) is 0 Å². The quantitative estimate of drug-likeness (QED) is 0.806. The largest absolute Gasteiger partial charge is 0.436 e. The average molecular weight is 271 g/mol. The molecule has 0 amide bonds. The molecular weight excluding hydrogens is 261 g/mol. The summed E-state index contributed by atoms with van der Waals surface area (Å²) < 4.78 is 38.2. The highest BCUT2D eigenvalue weighted by molar-refractivity contribution is 9.10. The van der Waals surface area contributed by atoms with E-state index in [1.807, 2.05) is 13.8 Å². The number of hydrogen-bond donors (Lipinski definition) is 0. The molecule has 0 aliphatic heterocycles. The Morgan fingerprint density at radius 1 is 1.50 bits per heavy atom. The maximum atomic E-state index is 12.3. The van der Waals surface area contributed by atoms with Crippen LogP contribution in [-0.2, 0) is 12.7 Å². The monoisotopic (exact) mass is 270 g/mol. The lowest BCUT2D eigenvalue weighted by atomic mass is 10.2. The Bertz CT molecular complexity index is 317. The Labute approximate surface area is 88.2 Å². The lowest BCUT2D eigenvalue weighted by Gasteiger charge is -2.04. The smallest absolute Gasteiger partial charge is 0.271 e. The minimum absolute atomic E-state index is 0.00866. The van der Waals surface area contributed by atoms with Crippen LogP contribution in [0.5, 0.6) is 0 Å². The van der Waals surface area contributed by atoms with Crippen LogP contribution in [0.25, 0.3) is 0 Å². The van der Waals surface area contributed by atoms with E-state index in [0.29, 0.717) is 6.54 Å². The summed E-state index contributed by atoms with van der Waals surface area (Å²) in [6.07, 6.45) is -3.04. The second kappa shape index (κ2) is 3.92. The van der Waals surface area contributed by atoms with Crippen LogP contribution in [0, 0.1) is 5.92 Å². The molecule has 0 aliphatic rings.